The van der Waals surface area contributed by atoms with Crippen molar-refractivity contribution in [3.63, 3.8) is 0 Å². The van der Waals surface area contributed by atoms with E-state index in [1.54, 1.807) is 21.6 Å². The normalized spacial score (nSPS) is 10.7. The number of carbonyl (C=O) groups excluding carboxylic acids is 1. The lowest BCUT2D eigenvalue weighted by molar-refractivity contribution is 0.0944. The van der Waals surface area contributed by atoms with Gasteiger partial charge in [0.2, 0.25) is 0 Å². The van der Waals surface area contributed by atoms with Gasteiger partial charge < -0.3 is 5.32 Å². The molecule has 4 rings (SSSR count). The Kier molecular flexibility index (Phi) is 4.74. The maximum Gasteiger partial charge on any atom is 0.270 e. The molecule has 0 aliphatic heterocycles. The monoisotopic (exact) mass is 358 g/mol. The fraction of sp³-hybridized carbons (Fsp3) is 0.100. The summed E-state index contributed by atoms with van der Waals surface area (Å²) in [5.41, 5.74) is 3.16. The van der Waals surface area contributed by atoms with Gasteiger partial charge in [-0.05, 0) is 18.2 Å². The number of benzene rings is 2. The molecule has 7 nitrogen and oxygen atoms in total. The molecule has 27 heavy (non-hydrogen) atoms. The first-order valence-corrected chi connectivity index (χ1v) is 8.64. The molecule has 134 valence electrons. The van der Waals surface area contributed by atoms with Crippen molar-refractivity contribution in [2.24, 2.45) is 0 Å². The Morgan fingerprint density at radius 1 is 0.963 bits per heavy atom. The van der Waals surface area contributed by atoms with Gasteiger partial charge in [-0.25, -0.2) is 4.68 Å². The zero-order valence-corrected chi connectivity index (χ0v) is 14.6. The van der Waals surface area contributed by atoms with Gasteiger partial charge in [0.25, 0.3) is 5.91 Å². The number of nitrogens with one attached hydrogen (secondary N) is 1. The molecule has 0 aliphatic carbocycles. The first kappa shape index (κ1) is 16.7. The molecule has 2 aromatic carbocycles. The van der Waals surface area contributed by atoms with Crippen LogP contribution in [0.2, 0.25) is 0 Å². The topological polar surface area (TPSA) is 77.6 Å². The molecule has 0 spiro atoms. The van der Waals surface area contributed by atoms with Gasteiger partial charge in [-0.15, -0.1) is 5.10 Å². The summed E-state index contributed by atoms with van der Waals surface area (Å²) >= 11 is 0. The molecular weight excluding hydrogens is 340 g/mol. The summed E-state index contributed by atoms with van der Waals surface area (Å²) in [5.74, 6) is -0.181. The second-order valence-electron chi connectivity index (χ2n) is 5.95. The maximum absolute atomic E-state index is 12.5. The van der Waals surface area contributed by atoms with Gasteiger partial charge >= 0.3 is 0 Å². The summed E-state index contributed by atoms with van der Waals surface area (Å²) in [6.45, 7) is 0.974. The number of para-hydroxylation sites is 1. The Hall–Kier alpha value is -3.74. The Morgan fingerprint density at radius 3 is 2.48 bits per heavy atom. The lowest BCUT2D eigenvalue weighted by Crippen LogP contribution is -2.29. The lowest BCUT2D eigenvalue weighted by atomic mass is 10.2. The minimum absolute atomic E-state index is 0.181. The number of amides is 1. The van der Waals surface area contributed by atoms with E-state index < -0.39 is 0 Å². The van der Waals surface area contributed by atoms with Crippen LogP contribution in [0.5, 0.6) is 0 Å². The first-order valence-electron chi connectivity index (χ1n) is 8.64. The second kappa shape index (κ2) is 7.65. The molecule has 1 amide bonds. The van der Waals surface area contributed by atoms with E-state index in [1.807, 2.05) is 66.9 Å². The molecule has 0 fully saturated rings. The fourth-order valence-corrected chi connectivity index (χ4v) is 2.77. The van der Waals surface area contributed by atoms with E-state index in [2.05, 4.69) is 20.7 Å². The smallest absolute Gasteiger partial charge is 0.270 e. The number of hydrogen-bond acceptors (Lipinski definition) is 4. The number of aromatic nitrogens is 5. The van der Waals surface area contributed by atoms with Crippen LogP contribution < -0.4 is 5.32 Å². The van der Waals surface area contributed by atoms with Crippen molar-refractivity contribution in [2.45, 2.75) is 6.54 Å². The number of carbonyl (C=O) groups is 1. The average molecular weight is 358 g/mol. The molecule has 4 aromatic rings. The molecule has 7 heteroatoms. The Morgan fingerprint density at radius 2 is 1.70 bits per heavy atom. The number of hydrogen-bond donors (Lipinski definition) is 1. The minimum Gasteiger partial charge on any atom is -0.349 e. The van der Waals surface area contributed by atoms with Crippen LogP contribution >= 0.6 is 0 Å². The van der Waals surface area contributed by atoms with Crippen LogP contribution in [0.4, 0.5) is 0 Å². The van der Waals surface area contributed by atoms with Gasteiger partial charge in [-0.2, -0.15) is 5.10 Å². The van der Waals surface area contributed by atoms with Gasteiger partial charge in [-0.1, -0.05) is 53.7 Å². The molecule has 0 atom stereocenters. The summed E-state index contributed by atoms with van der Waals surface area (Å²) < 4.78 is 3.34. The molecular formula is C20H18N6O. The van der Waals surface area contributed by atoms with Crippen molar-refractivity contribution in [2.75, 3.05) is 6.54 Å². The summed E-state index contributed by atoms with van der Waals surface area (Å²) in [6, 6.07) is 21.1. The predicted molar refractivity (Wildman–Crippen MR) is 101 cm³/mol. The van der Waals surface area contributed by atoms with E-state index in [-0.39, 0.29) is 5.91 Å². The van der Waals surface area contributed by atoms with E-state index in [9.17, 15) is 4.79 Å². The van der Waals surface area contributed by atoms with Crippen LogP contribution in [0.25, 0.3) is 16.9 Å². The summed E-state index contributed by atoms with van der Waals surface area (Å²) in [5, 5.41) is 15.4. The third-order valence-electron chi connectivity index (χ3n) is 4.11. The lowest BCUT2D eigenvalue weighted by Gasteiger charge is -2.08. The van der Waals surface area contributed by atoms with Crippen molar-refractivity contribution in [3.8, 4) is 16.9 Å². The van der Waals surface area contributed by atoms with Crippen LogP contribution in [0, 0.1) is 0 Å². The van der Waals surface area contributed by atoms with Crippen LogP contribution in [0.1, 0.15) is 10.5 Å². The number of nitrogens with zero attached hydrogens (tertiary/aromatic N) is 5. The Labute approximate surface area is 156 Å². The molecule has 0 radical (unpaired) electrons. The largest absolute Gasteiger partial charge is 0.349 e. The van der Waals surface area contributed by atoms with Gasteiger partial charge in [-0.3, -0.25) is 9.48 Å². The molecule has 1 N–H and O–H groups in total. The van der Waals surface area contributed by atoms with Crippen molar-refractivity contribution < 1.29 is 4.79 Å². The third-order valence-corrected chi connectivity index (χ3v) is 4.11. The van der Waals surface area contributed by atoms with E-state index >= 15 is 0 Å². The second-order valence-corrected chi connectivity index (χ2v) is 5.95. The molecule has 0 unspecified atom stereocenters. The first-order chi connectivity index (χ1) is 13.3. The van der Waals surface area contributed by atoms with Gasteiger partial charge in [0.1, 0.15) is 11.4 Å². The molecule has 0 saturated heterocycles. The predicted octanol–water partition coefficient (Wildman–Crippen LogP) is 2.56. The highest BCUT2D eigenvalue weighted by molar-refractivity contribution is 5.93. The molecule has 0 aliphatic rings. The van der Waals surface area contributed by atoms with Crippen molar-refractivity contribution >= 4 is 5.91 Å². The number of rotatable bonds is 6. The minimum atomic E-state index is -0.181. The molecule has 0 saturated carbocycles. The average Bonchev–Trinajstić information content (AvgIpc) is 3.39. The van der Waals surface area contributed by atoms with Crippen LogP contribution in [-0.4, -0.2) is 37.2 Å². The standard InChI is InChI=1S/C20H18N6O/c27-20(19-11-12-22-26(19)17-9-5-2-6-10-17)21-13-14-25-15-18(23-24-25)16-7-3-1-4-8-16/h1-12,15H,13-14H2,(H,21,27). The van der Waals surface area contributed by atoms with Crippen LogP contribution in [-0.2, 0) is 6.54 Å². The summed E-state index contributed by atoms with van der Waals surface area (Å²) in [7, 11) is 0. The summed E-state index contributed by atoms with van der Waals surface area (Å²) in [4.78, 5) is 12.5. The van der Waals surface area contributed by atoms with E-state index in [1.165, 1.54) is 0 Å². The fourth-order valence-electron chi connectivity index (χ4n) is 2.77. The van der Waals surface area contributed by atoms with Gasteiger partial charge in [0.15, 0.2) is 0 Å². The van der Waals surface area contributed by atoms with Crippen molar-refractivity contribution in [1.82, 2.24) is 30.1 Å². The van der Waals surface area contributed by atoms with E-state index in [0.717, 1.165) is 16.9 Å². The SMILES string of the molecule is O=C(NCCn1cc(-c2ccccc2)nn1)c1ccnn1-c1ccccc1. The third kappa shape index (κ3) is 3.77. The van der Waals surface area contributed by atoms with Crippen LogP contribution in [0.15, 0.2) is 79.1 Å². The highest BCUT2D eigenvalue weighted by Crippen LogP contribution is 2.14. The Bertz CT molecular complexity index is 1020. The van der Waals surface area contributed by atoms with Crippen molar-refractivity contribution in [1.29, 1.82) is 0 Å². The van der Waals surface area contributed by atoms with Gasteiger partial charge in [0.05, 0.1) is 24.6 Å². The molecule has 0 bridgehead atoms. The zero-order chi connectivity index (χ0) is 18.5. The van der Waals surface area contributed by atoms with Gasteiger partial charge in [0, 0.05) is 12.1 Å². The van der Waals surface area contributed by atoms with E-state index in [4.69, 9.17) is 0 Å². The van der Waals surface area contributed by atoms with Crippen molar-refractivity contribution in [3.05, 3.63) is 84.8 Å². The quantitative estimate of drug-likeness (QED) is 0.575. The Balaban J connectivity index is 1.37. The molecule has 2 heterocycles. The highest BCUT2D eigenvalue weighted by Gasteiger charge is 2.13. The summed E-state index contributed by atoms with van der Waals surface area (Å²) in [6.07, 6.45) is 3.49. The molecule has 2 aromatic heterocycles. The maximum atomic E-state index is 12.5. The van der Waals surface area contributed by atoms with E-state index in [0.29, 0.717) is 18.8 Å². The highest BCUT2D eigenvalue weighted by atomic mass is 16.2. The van der Waals surface area contributed by atoms with Crippen LogP contribution in [0.3, 0.4) is 0 Å². The zero-order valence-electron chi connectivity index (χ0n) is 14.6.